The summed E-state index contributed by atoms with van der Waals surface area (Å²) in [6.07, 6.45) is 4.00. The van der Waals surface area contributed by atoms with Crippen molar-refractivity contribution in [1.29, 1.82) is 0 Å². The van der Waals surface area contributed by atoms with Crippen LogP contribution in [0, 0.1) is 5.92 Å². The van der Waals surface area contributed by atoms with Gasteiger partial charge in [0.2, 0.25) is 0 Å². The van der Waals surface area contributed by atoms with Crippen LogP contribution in [0.15, 0.2) is 0 Å². The van der Waals surface area contributed by atoms with E-state index in [1.54, 1.807) is 0 Å². The Morgan fingerprint density at radius 3 is 2.33 bits per heavy atom. The molecular weight excluding hydrogens is 232 g/mol. The second kappa shape index (κ2) is 5.33. The second-order valence-corrected chi connectivity index (χ2v) is 4.75. The van der Waals surface area contributed by atoms with Crippen molar-refractivity contribution in [2.45, 2.75) is 32.1 Å². The Labute approximate surface area is 107 Å². The Balaban J connectivity index is 2.42. The monoisotopic (exact) mass is 250 g/mol. The molecule has 0 amide bonds. The van der Waals surface area contributed by atoms with E-state index in [0.717, 1.165) is 24.8 Å². The van der Waals surface area contributed by atoms with Gasteiger partial charge < -0.3 is 9.47 Å². The molecule has 1 fully saturated rings. The van der Waals surface area contributed by atoms with E-state index >= 15 is 0 Å². The zero-order valence-corrected chi connectivity index (χ0v) is 11.0. The average molecular weight is 250 g/mol. The van der Waals surface area contributed by atoms with E-state index in [9.17, 15) is 4.79 Å². The lowest BCUT2D eigenvalue weighted by Crippen LogP contribution is -2.08. The molecule has 2 rings (SSSR count). The number of methoxy groups -OCH3 is 2. The standard InChI is InChI=1S/C13H18N2O3/c1-8-4-5-9(6-8)11-10(7-16)14-12(17-2)13(15-11)18-3/h7-9H,4-6H2,1-3H3. The van der Waals surface area contributed by atoms with Crippen LogP contribution < -0.4 is 9.47 Å². The summed E-state index contributed by atoms with van der Waals surface area (Å²) in [7, 11) is 3.01. The first-order valence-corrected chi connectivity index (χ1v) is 6.14. The fourth-order valence-corrected chi connectivity index (χ4v) is 2.54. The van der Waals surface area contributed by atoms with E-state index in [0.29, 0.717) is 23.4 Å². The Morgan fingerprint density at radius 1 is 1.17 bits per heavy atom. The molecule has 0 bridgehead atoms. The predicted molar refractivity (Wildman–Crippen MR) is 66.3 cm³/mol. The minimum atomic E-state index is 0.259. The first-order chi connectivity index (χ1) is 8.69. The van der Waals surface area contributed by atoms with E-state index in [4.69, 9.17) is 9.47 Å². The van der Waals surface area contributed by atoms with Gasteiger partial charge in [-0.3, -0.25) is 4.79 Å². The first-order valence-electron chi connectivity index (χ1n) is 6.14. The fourth-order valence-electron chi connectivity index (χ4n) is 2.54. The Bertz CT molecular complexity index is 448. The van der Waals surface area contributed by atoms with E-state index in [-0.39, 0.29) is 5.88 Å². The topological polar surface area (TPSA) is 61.3 Å². The maximum Gasteiger partial charge on any atom is 0.278 e. The molecule has 0 spiro atoms. The van der Waals surface area contributed by atoms with Gasteiger partial charge in [-0.05, 0) is 18.8 Å². The molecule has 1 aliphatic rings. The lowest BCUT2D eigenvalue weighted by atomic mass is 10.0. The number of ether oxygens (including phenoxy) is 2. The molecule has 0 aliphatic heterocycles. The van der Waals surface area contributed by atoms with Gasteiger partial charge in [0.15, 0.2) is 6.29 Å². The quantitative estimate of drug-likeness (QED) is 0.767. The number of hydrogen-bond donors (Lipinski definition) is 0. The van der Waals surface area contributed by atoms with Gasteiger partial charge in [0, 0.05) is 5.92 Å². The van der Waals surface area contributed by atoms with Gasteiger partial charge in [0.05, 0.1) is 19.9 Å². The van der Waals surface area contributed by atoms with Crippen molar-refractivity contribution in [2.24, 2.45) is 5.92 Å². The Hall–Kier alpha value is -1.65. The largest absolute Gasteiger partial charge is 0.477 e. The van der Waals surface area contributed by atoms with Crippen molar-refractivity contribution in [1.82, 2.24) is 9.97 Å². The Kier molecular flexibility index (Phi) is 3.79. The lowest BCUT2D eigenvalue weighted by molar-refractivity contribution is 0.111. The molecule has 5 nitrogen and oxygen atoms in total. The highest BCUT2D eigenvalue weighted by Crippen LogP contribution is 2.39. The van der Waals surface area contributed by atoms with Crippen molar-refractivity contribution >= 4 is 6.29 Å². The van der Waals surface area contributed by atoms with Gasteiger partial charge in [-0.15, -0.1) is 0 Å². The normalized spacial score (nSPS) is 22.8. The van der Waals surface area contributed by atoms with E-state index in [2.05, 4.69) is 16.9 Å². The molecule has 5 heteroatoms. The van der Waals surface area contributed by atoms with Crippen LogP contribution >= 0.6 is 0 Å². The molecule has 1 heterocycles. The highest BCUT2D eigenvalue weighted by Gasteiger charge is 2.28. The molecule has 18 heavy (non-hydrogen) atoms. The van der Waals surface area contributed by atoms with Crippen LogP contribution in [0.4, 0.5) is 0 Å². The molecule has 1 aliphatic carbocycles. The van der Waals surface area contributed by atoms with Crippen LogP contribution in [0.2, 0.25) is 0 Å². The van der Waals surface area contributed by atoms with Crippen LogP contribution in [0.5, 0.6) is 11.8 Å². The molecular formula is C13H18N2O3. The van der Waals surface area contributed by atoms with Crippen LogP contribution in [-0.2, 0) is 0 Å². The number of aromatic nitrogens is 2. The summed E-state index contributed by atoms with van der Waals surface area (Å²) in [6.45, 7) is 2.22. The molecule has 1 aromatic heterocycles. The Morgan fingerprint density at radius 2 is 1.83 bits per heavy atom. The first kappa shape index (κ1) is 12.8. The van der Waals surface area contributed by atoms with Crippen molar-refractivity contribution in [3.05, 3.63) is 11.4 Å². The number of carbonyl (C=O) groups excluding carboxylic acids is 1. The number of aldehydes is 1. The maximum absolute atomic E-state index is 11.1. The van der Waals surface area contributed by atoms with Crippen LogP contribution in [0.1, 0.15) is 48.3 Å². The highest BCUT2D eigenvalue weighted by atomic mass is 16.5. The van der Waals surface area contributed by atoms with Gasteiger partial charge in [-0.25, -0.2) is 9.97 Å². The predicted octanol–water partition coefficient (Wildman–Crippen LogP) is 2.21. The zero-order chi connectivity index (χ0) is 13.1. The van der Waals surface area contributed by atoms with Crippen molar-refractivity contribution in [2.75, 3.05) is 14.2 Å². The van der Waals surface area contributed by atoms with Gasteiger partial charge in [-0.1, -0.05) is 13.3 Å². The summed E-state index contributed by atoms with van der Waals surface area (Å²) in [4.78, 5) is 19.7. The van der Waals surface area contributed by atoms with Gasteiger partial charge in [0.1, 0.15) is 5.69 Å². The number of rotatable bonds is 4. The number of nitrogens with zero attached hydrogens (tertiary/aromatic N) is 2. The van der Waals surface area contributed by atoms with E-state index < -0.39 is 0 Å². The van der Waals surface area contributed by atoms with Crippen LogP contribution in [0.25, 0.3) is 0 Å². The third-order valence-corrected chi connectivity index (χ3v) is 3.47. The number of hydrogen-bond acceptors (Lipinski definition) is 5. The van der Waals surface area contributed by atoms with E-state index in [1.807, 2.05) is 0 Å². The smallest absolute Gasteiger partial charge is 0.278 e. The second-order valence-electron chi connectivity index (χ2n) is 4.75. The summed E-state index contributed by atoms with van der Waals surface area (Å²) in [5.41, 5.74) is 1.11. The fraction of sp³-hybridized carbons (Fsp3) is 0.615. The molecule has 0 saturated heterocycles. The van der Waals surface area contributed by atoms with Gasteiger partial charge >= 0.3 is 0 Å². The van der Waals surface area contributed by atoms with E-state index in [1.165, 1.54) is 20.6 Å². The summed E-state index contributed by atoms with van der Waals surface area (Å²) in [6, 6.07) is 0. The third kappa shape index (κ3) is 2.30. The third-order valence-electron chi connectivity index (χ3n) is 3.47. The molecule has 1 saturated carbocycles. The molecule has 2 atom stereocenters. The summed E-state index contributed by atoms with van der Waals surface area (Å²) in [5, 5.41) is 0. The molecule has 0 radical (unpaired) electrons. The van der Waals surface area contributed by atoms with Gasteiger partial charge in [0.25, 0.3) is 11.8 Å². The highest BCUT2D eigenvalue weighted by molar-refractivity contribution is 5.74. The molecule has 2 unspecified atom stereocenters. The minimum absolute atomic E-state index is 0.259. The van der Waals surface area contributed by atoms with Crippen molar-refractivity contribution < 1.29 is 14.3 Å². The SMILES string of the molecule is COc1nc(C=O)c(C2CCC(C)C2)nc1OC. The summed E-state index contributed by atoms with van der Waals surface area (Å²) < 4.78 is 10.2. The van der Waals surface area contributed by atoms with Crippen molar-refractivity contribution in [3.63, 3.8) is 0 Å². The molecule has 0 aromatic carbocycles. The average Bonchev–Trinajstić information content (AvgIpc) is 2.83. The molecule has 98 valence electrons. The number of carbonyl (C=O) groups is 1. The maximum atomic E-state index is 11.1. The van der Waals surface area contributed by atoms with Gasteiger partial charge in [-0.2, -0.15) is 0 Å². The molecule has 1 aromatic rings. The summed E-state index contributed by atoms with van der Waals surface area (Å²) >= 11 is 0. The van der Waals surface area contributed by atoms with Crippen LogP contribution in [0.3, 0.4) is 0 Å². The minimum Gasteiger partial charge on any atom is -0.477 e. The zero-order valence-electron chi connectivity index (χ0n) is 11.0. The molecule has 0 N–H and O–H groups in total. The van der Waals surface area contributed by atoms with Crippen molar-refractivity contribution in [3.8, 4) is 11.8 Å². The lowest BCUT2D eigenvalue weighted by Gasteiger charge is -2.14. The summed E-state index contributed by atoms with van der Waals surface area (Å²) in [5.74, 6) is 1.57. The van der Waals surface area contributed by atoms with Crippen LogP contribution in [-0.4, -0.2) is 30.5 Å².